The molecule has 25 heavy (non-hydrogen) atoms. The maximum absolute atomic E-state index is 12.7. The number of carbonyl (C=O) groups excluding carboxylic acids is 1. The molecule has 0 spiro atoms. The van der Waals surface area contributed by atoms with E-state index in [9.17, 15) is 9.59 Å². The van der Waals surface area contributed by atoms with E-state index >= 15 is 0 Å². The molecule has 0 fully saturated rings. The van der Waals surface area contributed by atoms with E-state index in [1.807, 2.05) is 36.4 Å². The first kappa shape index (κ1) is 17.3. The largest absolute Gasteiger partial charge is 0.462 e. The highest BCUT2D eigenvalue weighted by molar-refractivity contribution is 7.21. The van der Waals surface area contributed by atoms with Crippen molar-refractivity contribution in [2.45, 2.75) is 13.0 Å². The average Bonchev–Trinajstić information content (AvgIpc) is 3.08. The lowest BCUT2D eigenvalue weighted by molar-refractivity contribution is -0.148. The Kier molecular flexibility index (Phi) is 5.25. The summed E-state index contributed by atoms with van der Waals surface area (Å²) in [5.41, 5.74) is 0.781. The molecule has 0 radical (unpaired) electrons. The summed E-state index contributed by atoms with van der Waals surface area (Å²) in [4.78, 5) is 30.8. The number of rotatable bonds is 6. The van der Waals surface area contributed by atoms with Crippen molar-refractivity contribution >= 4 is 27.5 Å². The van der Waals surface area contributed by atoms with Crippen molar-refractivity contribution in [2.75, 3.05) is 20.3 Å². The molecule has 3 aromatic rings. The number of carbonyl (C=O) groups is 1. The van der Waals surface area contributed by atoms with Gasteiger partial charge in [0.1, 0.15) is 17.5 Å². The molecular weight excluding hydrogens is 340 g/mol. The van der Waals surface area contributed by atoms with Crippen LogP contribution < -0.4 is 5.56 Å². The number of esters is 1. The number of hydrogen-bond donors (Lipinski definition) is 0. The van der Waals surface area contributed by atoms with Crippen LogP contribution in [-0.4, -0.2) is 35.8 Å². The minimum Gasteiger partial charge on any atom is -0.462 e. The van der Waals surface area contributed by atoms with Gasteiger partial charge < -0.3 is 9.47 Å². The number of methoxy groups -OCH3 is 1. The zero-order chi connectivity index (χ0) is 17.8. The smallest absolute Gasteiger partial charge is 0.329 e. The second kappa shape index (κ2) is 7.58. The van der Waals surface area contributed by atoms with Crippen LogP contribution in [0.4, 0.5) is 0 Å². The molecule has 6 nitrogen and oxygen atoms in total. The molecule has 0 N–H and O–H groups in total. The summed E-state index contributed by atoms with van der Waals surface area (Å²) >= 11 is 1.45. The molecule has 1 atom stereocenters. The van der Waals surface area contributed by atoms with Gasteiger partial charge in [0.2, 0.25) is 0 Å². The second-order valence-electron chi connectivity index (χ2n) is 5.49. The van der Waals surface area contributed by atoms with Crippen LogP contribution in [0.25, 0.3) is 20.7 Å². The summed E-state index contributed by atoms with van der Waals surface area (Å²) in [5.74, 6) is -0.487. The molecule has 3 rings (SSSR count). The monoisotopic (exact) mass is 358 g/mol. The highest BCUT2D eigenvalue weighted by Crippen LogP contribution is 2.30. The highest BCUT2D eigenvalue weighted by Gasteiger charge is 2.20. The van der Waals surface area contributed by atoms with Gasteiger partial charge in [-0.2, -0.15) is 0 Å². The van der Waals surface area contributed by atoms with Gasteiger partial charge in [-0.15, -0.1) is 11.3 Å². The van der Waals surface area contributed by atoms with E-state index in [1.54, 1.807) is 6.92 Å². The van der Waals surface area contributed by atoms with Crippen LogP contribution in [0.2, 0.25) is 0 Å². The SMILES string of the molecule is COCCOC(=O)C(C)n1cnc2sc(-c3ccccc3)cc2c1=O. The number of nitrogens with zero attached hydrogens (tertiary/aromatic N) is 2. The first-order valence-corrected chi connectivity index (χ1v) is 8.65. The van der Waals surface area contributed by atoms with Crippen LogP contribution in [0, 0.1) is 0 Å². The van der Waals surface area contributed by atoms with Crippen molar-refractivity contribution in [2.24, 2.45) is 0 Å². The van der Waals surface area contributed by atoms with E-state index in [0.717, 1.165) is 10.4 Å². The van der Waals surface area contributed by atoms with Crippen molar-refractivity contribution in [1.29, 1.82) is 0 Å². The van der Waals surface area contributed by atoms with Gasteiger partial charge in [-0.25, -0.2) is 9.78 Å². The van der Waals surface area contributed by atoms with Gasteiger partial charge in [0, 0.05) is 12.0 Å². The van der Waals surface area contributed by atoms with E-state index in [1.165, 1.54) is 29.3 Å². The standard InChI is InChI=1S/C18H18N2O4S/c1-12(18(22)24-9-8-23-2)20-11-19-16-14(17(20)21)10-15(25-16)13-6-4-3-5-7-13/h3-7,10-12H,8-9H2,1-2H3. The van der Waals surface area contributed by atoms with Crippen LogP contribution in [0.1, 0.15) is 13.0 Å². The maximum atomic E-state index is 12.7. The lowest BCUT2D eigenvalue weighted by Crippen LogP contribution is -2.29. The minimum absolute atomic E-state index is 0.153. The molecular formula is C18H18N2O4S. The maximum Gasteiger partial charge on any atom is 0.329 e. The van der Waals surface area contributed by atoms with Crippen molar-refractivity contribution in [3.8, 4) is 10.4 Å². The number of fused-ring (bicyclic) bond motifs is 1. The van der Waals surface area contributed by atoms with E-state index in [2.05, 4.69) is 4.98 Å². The molecule has 0 aliphatic carbocycles. The summed E-state index contributed by atoms with van der Waals surface area (Å²) in [6, 6.07) is 10.9. The van der Waals surface area contributed by atoms with Gasteiger partial charge >= 0.3 is 5.97 Å². The number of ether oxygens (including phenoxy) is 2. The summed E-state index contributed by atoms with van der Waals surface area (Å²) in [6.07, 6.45) is 1.40. The van der Waals surface area contributed by atoms with Crippen molar-refractivity contribution in [3.05, 3.63) is 53.1 Å². The van der Waals surface area contributed by atoms with Crippen molar-refractivity contribution in [3.63, 3.8) is 0 Å². The Bertz CT molecular complexity index is 933. The van der Waals surface area contributed by atoms with Crippen molar-refractivity contribution in [1.82, 2.24) is 9.55 Å². The van der Waals surface area contributed by atoms with Crippen LogP contribution in [0.15, 0.2) is 47.5 Å². The number of hydrogen-bond acceptors (Lipinski definition) is 6. The Hall–Kier alpha value is -2.51. The van der Waals surface area contributed by atoms with Crippen LogP contribution in [0.3, 0.4) is 0 Å². The summed E-state index contributed by atoms with van der Waals surface area (Å²) in [7, 11) is 1.53. The summed E-state index contributed by atoms with van der Waals surface area (Å²) in [6.45, 7) is 2.09. The molecule has 1 unspecified atom stereocenters. The molecule has 0 aliphatic heterocycles. The van der Waals surface area contributed by atoms with Crippen LogP contribution in [-0.2, 0) is 14.3 Å². The lowest BCUT2D eigenvalue weighted by Gasteiger charge is -2.13. The quantitative estimate of drug-likeness (QED) is 0.500. The van der Waals surface area contributed by atoms with Crippen LogP contribution in [0.5, 0.6) is 0 Å². The molecule has 0 saturated heterocycles. The molecule has 0 amide bonds. The van der Waals surface area contributed by atoms with E-state index < -0.39 is 12.0 Å². The zero-order valence-electron chi connectivity index (χ0n) is 14.0. The van der Waals surface area contributed by atoms with E-state index in [-0.39, 0.29) is 12.2 Å². The number of aromatic nitrogens is 2. The lowest BCUT2D eigenvalue weighted by atomic mass is 10.2. The molecule has 130 valence electrons. The highest BCUT2D eigenvalue weighted by atomic mass is 32.1. The first-order valence-electron chi connectivity index (χ1n) is 7.83. The fourth-order valence-corrected chi connectivity index (χ4v) is 3.41. The Balaban J connectivity index is 1.92. The molecule has 0 saturated carbocycles. The predicted molar refractivity (Wildman–Crippen MR) is 96.9 cm³/mol. The molecule has 1 aromatic carbocycles. The van der Waals surface area contributed by atoms with Crippen LogP contribution >= 0.6 is 11.3 Å². The molecule has 2 aromatic heterocycles. The van der Waals surface area contributed by atoms with Gasteiger partial charge in [-0.05, 0) is 18.6 Å². The fraction of sp³-hybridized carbons (Fsp3) is 0.278. The number of benzene rings is 1. The van der Waals surface area contributed by atoms with Gasteiger partial charge in [0.25, 0.3) is 5.56 Å². The van der Waals surface area contributed by atoms with Gasteiger partial charge in [-0.1, -0.05) is 30.3 Å². The normalized spacial score (nSPS) is 12.2. The Labute approximate surface area is 148 Å². The number of thiophene rings is 1. The van der Waals surface area contributed by atoms with Gasteiger partial charge in [0.05, 0.1) is 18.3 Å². The minimum atomic E-state index is -0.749. The molecule has 0 aliphatic rings. The third kappa shape index (κ3) is 3.62. The van der Waals surface area contributed by atoms with E-state index in [0.29, 0.717) is 16.8 Å². The Morgan fingerprint density at radius 1 is 1.28 bits per heavy atom. The Morgan fingerprint density at radius 2 is 2.04 bits per heavy atom. The fourth-order valence-electron chi connectivity index (χ4n) is 2.42. The molecule has 0 bridgehead atoms. The topological polar surface area (TPSA) is 70.4 Å². The third-order valence-electron chi connectivity index (χ3n) is 3.83. The summed E-state index contributed by atoms with van der Waals surface area (Å²) < 4.78 is 11.2. The first-order chi connectivity index (χ1) is 12.1. The zero-order valence-corrected chi connectivity index (χ0v) is 14.8. The molecule has 7 heteroatoms. The second-order valence-corrected chi connectivity index (χ2v) is 6.52. The predicted octanol–water partition coefficient (Wildman–Crippen LogP) is 2.88. The van der Waals surface area contributed by atoms with Crippen molar-refractivity contribution < 1.29 is 14.3 Å². The Morgan fingerprint density at radius 3 is 2.76 bits per heavy atom. The molecule has 2 heterocycles. The average molecular weight is 358 g/mol. The van der Waals surface area contributed by atoms with Gasteiger partial charge in [0.15, 0.2) is 0 Å². The van der Waals surface area contributed by atoms with E-state index in [4.69, 9.17) is 9.47 Å². The summed E-state index contributed by atoms with van der Waals surface area (Å²) in [5, 5.41) is 0.503. The third-order valence-corrected chi connectivity index (χ3v) is 4.92. The van der Waals surface area contributed by atoms with Gasteiger partial charge in [-0.3, -0.25) is 9.36 Å².